The average molecular weight is 185 g/mol. The molecule has 0 aliphatic rings. The lowest BCUT2D eigenvalue weighted by Crippen LogP contribution is -2.41. The Morgan fingerprint density at radius 1 is 1.33 bits per heavy atom. The summed E-state index contributed by atoms with van der Waals surface area (Å²) < 4.78 is 35.7. The minimum absolute atomic E-state index is 0.257. The van der Waals surface area contributed by atoms with Gasteiger partial charge in [-0.25, -0.2) is 0 Å². The predicted octanol–water partition coefficient (Wildman–Crippen LogP) is 1.28. The van der Waals surface area contributed by atoms with E-state index < -0.39 is 17.6 Å². The van der Waals surface area contributed by atoms with Crippen molar-refractivity contribution in [1.82, 2.24) is 0 Å². The number of aliphatic hydroxyl groups excluding tert-OH is 1. The first-order valence-electron chi connectivity index (χ1n) is 3.62. The monoisotopic (exact) mass is 185 g/mol. The number of hydrogen-bond acceptors (Lipinski definition) is 2. The van der Waals surface area contributed by atoms with Crippen LogP contribution >= 0.6 is 0 Å². The van der Waals surface area contributed by atoms with Crippen LogP contribution in [0.1, 0.15) is 20.3 Å². The van der Waals surface area contributed by atoms with Crippen molar-refractivity contribution in [2.75, 3.05) is 6.61 Å². The molecule has 0 aromatic rings. The lowest BCUT2D eigenvalue weighted by Gasteiger charge is -2.26. The Kier molecular flexibility index (Phi) is 3.53. The van der Waals surface area contributed by atoms with Gasteiger partial charge in [0.2, 0.25) is 0 Å². The fourth-order valence-corrected chi connectivity index (χ4v) is 0.776. The molecule has 74 valence electrons. The second kappa shape index (κ2) is 3.62. The molecule has 0 rings (SSSR count). The van der Waals surface area contributed by atoms with E-state index in [0.29, 0.717) is 0 Å². The van der Waals surface area contributed by atoms with Gasteiger partial charge in [-0.05, 0) is 11.8 Å². The molecule has 0 aliphatic carbocycles. The highest BCUT2D eigenvalue weighted by Crippen LogP contribution is 2.28. The molecular formula is C7H14F3NO. The van der Waals surface area contributed by atoms with Crippen LogP contribution in [0.25, 0.3) is 0 Å². The molecule has 0 saturated carbocycles. The molecule has 12 heavy (non-hydrogen) atoms. The van der Waals surface area contributed by atoms with Crippen LogP contribution in [0.4, 0.5) is 13.2 Å². The third-order valence-corrected chi connectivity index (χ3v) is 1.62. The Morgan fingerprint density at radius 2 is 1.75 bits per heavy atom. The Labute approximate surface area is 69.6 Å². The molecule has 0 amide bonds. The van der Waals surface area contributed by atoms with Gasteiger partial charge in [-0.1, -0.05) is 13.8 Å². The van der Waals surface area contributed by atoms with Crippen LogP contribution in [0.2, 0.25) is 0 Å². The second-order valence-corrected chi connectivity index (χ2v) is 3.67. The van der Waals surface area contributed by atoms with Gasteiger partial charge in [-0.3, -0.25) is 0 Å². The van der Waals surface area contributed by atoms with Crippen molar-refractivity contribution in [1.29, 1.82) is 0 Å². The zero-order chi connectivity index (χ0) is 9.99. The number of nitrogens with two attached hydrogens (primary N) is 1. The molecule has 0 aliphatic heterocycles. The molecule has 0 aromatic heterocycles. The van der Waals surface area contributed by atoms with Crippen LogP contribution in [-0.2, 0) is 0 Å². The standard InChI is InChI=1S/C7H14F3NO/c1-6(2,4-12)3-5(11)7(8,9)10/h5,12H,3-4,11H2,1-2H3. The summed E-state index contributed by atoms with van der Waals surface area (Å²) in [5.74, 6) is 0. The Morgan fingerprint density at radius 3 is 2.00 bits per heavy atom. The van der Waals surface area contributed by atoms with Gasteiger partial charge in [-0.15, -0.1) is 0 Å². The number of hydrogen-bond donors (Lipinski definition) is 2. The van der Waals surface area contributed by atoms with E-state index >= 15 is 0 Å². The Bertz CT molecular complexity index is 144. The molecule has 0 fully saturated rings. The maximum absolute atomic E-state index is 11.9. The summed E-state index contributed by atoms with van der Waals surface area (Å²) in [5.41, 5.74) is 4.11. The van der Waals surface area contributed by atoms with Crippen LogP contribution in [0.5, 0.6) is 0 Å². The summed E-state index contributed by atoms with van der Waals surface area (Å²) in [6.07, 6.45) is -4.63. The number of halogens is 3. The summed E-state index contributed by atoms with van der Waals surface area (Å²) in [7, 11) is 0. The largest absolute Gasteiger partial charge is 0.403 e. The van der Waals surface area contributed by atoms with E-state index in [0.717, 1.165) is 0 Å². The molecule has 3 N–H and O–H groups in total. The van der Waals surface area contributed by atoms with Crippen molar-refractivity contribution in [2.24, 2.45) is 11.1 Å². The summed E-state index contributed by atoms with van der Waals surface area (Å²) >= 11 is 0. The van der Waals surface area contributed by atoms with Gasteiger partial charge < -0.3 is 10.8 Å². The van der Waals surface area contributed by atoms with Crippen LogP contribution in [0.15, 0.2) is 0 Å². The first-order chi connectivity index (χ1) is 5.19. The van der Waals surface area contributed by atoms with Crippen molar-refractivity contribution < 1.29 is 18.3 Å². The number of rotatable bonds is 3. The number of aliphatic hydroxyl groups is 1. The van der Waals surface area contributed by atoms with E-state index in [9.17, 15) is 13.2 Å². The van der Waals surface area contributed by atoms with Crippen LogP contribution < -0.4 is 5.73 Å². The van der Waals surface area contributed by atoms with Crippen molar-refractivity contribution >= 4 is 0 Å². The fraction of sp³-hybridized carbons (Fsp3) is 1.00. The lowest BCUT2D eigenvalue weighted by molar-refractivity contribution is -0.155. The molecule has 0 radical (unpaired) electrons. The fourth-order valence-electron chi connectivity index (χ4n) is 0.776. The van der Waals surface area contributed by atoms with E-state index in [2.05, 4.69) is 0 Å². The molecule has 0 saturated heterocycles. The van der Waals surface area contributed by atoms with Crippen molar-refractivity contribution in [3.8, 4) is 0 Å². The minimum atomic E-state index is -4.37. The minimum Gasteiger partial charge on any atom is -0.396 e. The van der Waals surface area contributed by atoms with E-state index in [1.807, 2.05) is 0 Å². The average Bonchev–Trinajstić information content (AvgIpc) is 1.85. The van der Waals surface area contributed by atoms with Gasteiger partial charge in [0.25, 0.3) is 0 Å². The molecular weight excluding hydrogens is 171 g/mol. The van der Waals surface area contributed by atoms with E-state index in [1.54, 1.807) is 13.8 Å². The van der Waals surface area contributed by atoms with E-state index in [1.165, 1.54) is 0 Å². The topological polar surface area (TPSA) is 46.2 Å². The van der Waals surface area contributed by atoms with Crippen LogP contribution in [0, 0.1) is 5.41 Å². The van der Waals surface area contributed by atoms with Gasteiger partial charge in [0.15, 0.2) is 0 Å². The van der Waals surface area contributed by atoms with Gasteiger partial charge in [-0.2, -0.15) is 13.2 Å². The summed E-state index contributed by atoms with van der Waals surface area (Å²) in [5, 5.41) is 8.69. The zero-order valence-electron chi connectivity index (χ0n) is 7.15. The zero-order valence-corrected chi connectivity index (χ0v) is 7.15. The Hall–Kier alpha value is -0.290. The summed E-state index contributed by atoms with van der Waals surface area (Å²) in [6.45, 7) is 2.79. The quantitative estimate of drug-likeness (QED) is 0.695. The first kappa shape index (κ1) is 11.7. The molecule has 1 unspecified atom stereocenters. The molecule has 0 spiro atoms. The highest BCUT2D eigenvalue weighted by molar-refractivity contribution is 4.79. The smallest absolute Gasteiger partial charge is 0.396 e. The Balaban J connectivity index is 4.09. The van der Waals surface area contributed by atoms with E-state index in [-0.39, 0.29) is 13.0 Å². The first-order valence-corrected chi connectivity index (χ1v) is 3.62. The van der Waals surface area contributed by atoms with Gasteiger partial charge in [0, 0.05) is 6.61 Å². The van der Waals surface area contributed by atoms with Crippen molar-refractivity contribution in [2.45, 2.75) is 32.5 Å². The normalized spacial score (nSPS) is 16.2. The lowest BCUT2D eigenvalue weighted by atomic mass is 9.87. The third kappa shape index (κ3) is 3.92. The highest BCUT2D eigenvalue weighted by Gasteiger charge is 2.39. The SMILES string of the molecule is CC(C)(CO)CC(N)C(F)(F)F. The van der Waals surface area contributed by atoms with Crippen LogP contribution in [0.3, 0.4) is 0 Å². The molecule has 2 nitrogen and oxygen atoms in total. The van der Waals surface area contributed by atoms with Gasteiger partial charge in [0.05, 0.1) is 0 Å². The van der Waals surface area contributed by atoms with Crippen molar-refractivity contribution in [3.05, 3.63) is 0 Å². The maximum Gasteiger partial charge on any atom is 0.403 e. The molecule has 0 aromatic carbocycles. The molecule has 5 heteroatoms. The van der Waals surface area contributed by atoms with E-state index in [4.69, 9.17) is 10.8 Å². The van der Waals surface area contributed by atoms with Gasteiger partial charge in [0.1, 0.15) is 6.04 Å². The predicted molar refractivity (Wildman–Crippen MR) is 39.5 cm³/mol. The van der Waals surface area contributed by atoms with Crippen molar-refractivity contribution in [3.63, 3.8) is 0 Å². The molecule has 0 heterocycles. The second-order valence-electron chi connectivity index (χ2n) is 3.67. The number of alkyl halides is 3. The third-order valence-electron chi connectivity index (χ3n) is 1.62. The summed E-state index contributed by atoms with van der Waals surface area (Å²) in [4.78, 5) is 0. The van der Waals surface area contributed by atoms with Gasteiger partial charge >= 0.3 is 6.18 Å². The molecule has 1 atom stereocenters. The molecule has 0 bridgehead atoms. The highest BCUT2D eigenvalue weighted by atomic mass is 19.4. The summed E-state index contributed by atoms with van der Waals surface area (Å²) in [6, 6.07) is -1.85. The maximum atomic E-state index is 11.9. The van der Waals surface area contributed by atoms with Crippen LogP contribution in [-0.4, -0.2) is 23.9 Å².